The Hall–Kier alpha value is -1.48. The van der Waals surface area contributed by atoms with Gasteiger partial charge in [-0.25, -0.2) is 4.79 Å². The molecule has 0 amide bonds. The lowest BCUT2D eigenvalue weighted by atomic mass is 10.1. The number of benzene rings is 1. The molecule has 1 aromatic rings. The average Bonchev–Trinajstić information content (AvgIpc) is 2.88. The van der Waals surface area contributed by atoms with E-state index in [1.807, 2.05) is 0 Å². The molecule has 0 heterocycles. The van der Waals surface area contributed by atoms with Crippen molar-refractivity contribution in [3.05, 3.63) is 34.9 Å². The summed E-state index contributed by atoms with van der Waals surface area (Å²) < 4.78 is 5.73. The van der Waals surface area contributed by atoms with Gasteiger partial charge in [0, 0.05) is 6.08 Å². The maximum Gasteiger partial charge on any atom is 0.328 e. The van der Waals surface area contributed by atoms with Gasteiger partial charge in [0.05, 0.1) is 11.6 Å². The lowest BCUT2D eigenvalue weighted by molar-refractivity contribution is -0.131. The van der Waals surface area contributed by atoms with Gasteiger partial charge in [0.2, 0.25) is 0 Å². The smallest absolute Gasteiger partial charge is 0.328 e. The number of hydrogen-bond donors (Lipinski definition) is 1. The van der Waals surface area contributed by atoms with Gasteiger partial charge in [-0.1, -0.05) is 30.5 Å². The van der Waals surface area contributed by atoms with Crippen LogP contribution in [0.15, 0.2) is 24.3 Å². The quantitative estimate of drug-likeness (QED) is 0.829. The van der Waals surface area contributed by atoms with Crippen molar-refractivity contribution in [2.24, 2.45) is 5.92 Å². The van der Waals surface area contributed by atoms with Crippen LogP contribution in [0, 0.1) is 5.92 Å². The van der Waals surface area contributed by atoms with Gasteiger partial charge in [0.25, 0.3) is 0 Å². The molecule has 1 fully saturated rings. The molecule has 2 rings (SSSR count). The second-order valence-electron chi connectivity index (χ2n) is 4.82. The van der Waals surface area contributed by atoms with Crippen LogP contribution in [0.25, 0.3) is 6.08 Å². The third-order valence-electron chi connectivity index (χ3n) is 3.32. The Balaban J connectivity index is 1.96. The van der Waals surface area contributed by atoms with Crippen LogP contribution in [0.2, 0.25) is 5.02 Å². The predicted molar refractivity (Wildman–Crippen MR) is 75.6 cm³/mol. The first-order chi connectivity index (χ1) is 9.15. The number of rotatable bonds is 5. The fourth-order valence-electron chi connectivity index (χ4n) is 2.29. The molecule has 3 nitrogen and oxygen atoms in total. The van der Waals surface area contributed by atoms with E-state index in [4.69, 9.17) is 21.4 Å². The van der Waals surface area contributed by atoms with E-state index < -0.39 is 5.97 Å². The highest BCUT2D eigenvalue weighted by Gasteiger charge is 2.16. The van der Waals surface area contributed by atoms with Gasteiger partial charge in [0.15, 0.2) is 0 Å². The molecule has 0 radical (unpaired) electrons. The van der Waals surface area contributed by atoms with Crippen molar-refractivity contribution >= 4 is 23.6 Å². The minimum absolute atomic E-state index is 0.519. The van der Waals surface area contributed by atoms with Crippen LogP contribution in [-0.4, -0.2) is 17.7 Å². The van der Waals surface area contributed by atoms with Gasteiger partial charge >= 0.3 is 5.97 Å². The third kappa shape index (κ3) is 4.28. The molecular weight excluding hydrogens is 264 g/mol. The van der Waals surface area contributed by atoms with Crippen molar-refractivity contribution < 1.29 is 14.6 Å². The number of hydrogen-bond acceptors (Lipinski definition) is 2. The molecule has 102 valence electrons. The van der Waals surface area contributed by atoms with E-state index in [0.717, 1.165) is 11.6 Å². The summed E-state index contributed by atoms with van der Waals surface area (Å²) in [7, 11) is 0. The summed E-state index contributed by atoms with van der Waals surface area (Å²) in [6.45, 7) is 0.712. The molecule has 1 aromatic carbocycles. The normalized spacial score (nSPS) is 16.1. The maximum atomic E-state index is 10.4. The zero-order valence-electron chi connectivity index (χ0n) is 10.6. The van der Waals surface area contributed by atoms with Crippen LogP contribution in [0.4, 0.5) is 0 Å². The third-order valence-corrected chi connectivity index (χ3v) is 3.62. The molecule has 0 bridgehead atoms. The lowest BCUT2D eigenvalue weighted by Crippen LogP contribution is -2.08. The fraction of sp³-hybridized carbons (Fsp3) is 0.400. The van der Waals surface area contributed by atoms with Gasteiger partial charge in [-0.2, -0.15) is 0 Å². The first kappa shape index (κ1) is 13.9. The van der Waals surface area contributed by atoms with Gasteiger partial charge in [-0.3, -0.25) is 0 Å². The zero-order valence-corrected chi connectivity index (χ0v) is 11.4. The predicted octanol–water partition coefficient (Wildman–Crippen LogP) is 4.01. The zero-order chi connectivity index (χ0) is 13.7. The minimum atomic E-state index is -0.974. The monoisotopic (exact) mass is 280 g/mol. The average molecular weight is 281 g/mol. The number of carboxylic acids is 1. The minimum Gasteiger partial charge on any atom is -0.492 e. The number of aliphatic carboxylic acids is 1. The van der Waals surface area contributed by atoms with Gasteiger partial charge in [-0.15, -0.1) is 0 Å². The first-order valence-electron chi connectivity index (χ1n) is 6.48. The number of ether oxygens (including phenoxy) is 1. The van der Waals surface area contributed by atoms with Crippen molar-refractivity contribution in [1.82, 2.24) is 0 Å². The van der Waals surface area contributed by atoms with E-state index in [-0.39, 0.29) is 0 Å². The Kier molecular flexibility index (Phi) is 4.86. The fourth-order valence-corrected chi connectivity index (χ4v) is 2.53. The Bertz CT molecular complexity index is 476. The molecule has 0 atom stereocenters. The molecule has 1 N–H and O–H groups in total. The summed E-state index contributed by atoms with van der Waals surface area (Å²) >= 11 is 6.12. The summed E-state index contributed by atoms with van der Waals surface area (Å²) in [5.74, 6) is 0.335. The van der Waals surface area contributed by atoms with Crippen LogP contribution >= 0.6 is 11.6 Å². The van der Waals surface area contributed by atoms with E-state index >= 15 is 0 Å². The van der Waals surface area contributed by atoms with E-state index in [1.54, 1.807) is 18.2 Å². The molecule has 0 saturated heterocycles. The summed E-state index contributed by atoms with van der Waals surface area (Å²) in [5, 5.41) is 9.08. The van der Waals surface area contributed by atoms with Crippen LogP contribution in [0.3, 0.4) is 0 Å². The molecule has 1 aliphatic rings. The second-order valence-corrected chi connectivity index (χ2v) is 5.23. The van der Waals surface area contributed by atoms with Gasteiger partial charge in [-0.05, 0) is 42.5 Å². The highest BCUT2D eigenvalue weighted by Crippen LogP contribution is 2.29. The lowest BCUT2D eigenvalue weighted by Gasteiger charge is -2.12. The maximum absolute atomic E-state index is 10.4. The Morgan fingerprint density at radius 3 is 2.79 bits per heavy atom. The van der Waals surface area contributed by atoms with E-state index in [1.165, 1.54) is 31.8 Å². The highest BCUT2D eigenvalue weighted by molar-refractivity contribution is 6.32. The molecular formula is C15H17ClO3. The van der Waals surface area contributed by atoms with Gasteiger partial charge in [0.1, 0.15) is 5.75 Å². The van der Waals surface area contributed by atoms with E-state index in [2.05, 4.69) is 0 Å². The molecule has 4 heteroatoms. The number of carbonyl (C=O) groups is 1. The largest absolute Gasteiger partial charge is 0.492 e. The summed E-state index contributed by atoms with van der Waals surface area (Å²) in [5.41, 5.74) is 0.751. The van der Waals surface area contributed by atoms with Crippen LogP contribution in [0.1, 0.15) is 31.2 Å². The van der Waals surface area contributed by atoms with Crippen molar-refractivity contribution in [2.45, 2.75) is 25.7 Å². The van der Waals surface area contributed by atoms with Crippen molar-refractivity contribution in [1.29, 1.82) is 0 Å². The summed E-state index contributed by atoms with van der Waals surface area (Å²) in [6.07, 6.45) is 7.65. The molecule has 0 aliphatic heterocycles. The Labute approximate surface area is 117 Å². The SMILES string of the molecule is O=C(O)C=Cc1ccc(OCC2CCCC2)c(Cl)c1. The van der Waals surface area contributed by atoms with Crippen LogP contribution in [0.5, 0.6) is 5.75 Å². The van der Waals surface area contributed by atoms with Crippen LogP contribution < -0.4 is 4.74 Å². The second kappa shape index (κ2) is 6.62. The molecule has 0 spiro atoms. The molecule has 1 saturated carbocycles. The molecule has 1 aliphatic carbocycles. The molecule has 0 aromatic heterocycles. The summed E-state index contributed by atoms with van der Waals surface area (Å²) in [4.78, 5) is 10.4. The Morgan fingerprint density at radius 1 is 1.42 bits per heavy atom. The Morgan fingerprint density at radius 2 is 2.16 bits per heavy atom. The van der Waals surface area contributed by atoms with Crippen LogP contribution in [-0.2, 0) is 4.79 Å². The van der Waals surface area contributed by atoms with Gasteiger partial charge < -0.3 is 9.84 Å². The molecule has 19 heavy (non-hydrogen) atoms. The number of halogens is 1. The van der Waals surface area contributed by atoms with Crippen molar-refractivity contribution in [3.8, 4) is 5.75 Å². The van der Waals surface area contributed by atoms with E-state index in [9.17, 15) is 4.79 Å². The standard InChI is InChI=1S/C15H17ClO3/c16-13-9-11(6-8-15(17)18)5-7-14(13)19-10-12-3-1-2-4-12/h5-9,12H,1-4,10H2,(H,17,18). The first-order valence-corrected chi connectivity index (χ1v) is 6.86. The van der Waals surface area contributed by atoms with E-state index in [0.29, 0.717) is 23.3 Å². The number of carboxylic acid groups (broad SMARTS) is 1. The summed E-state index contributed by atoms with van der Waals surface area (Å²) in [6, 6.07) is 5.30. The molecule has 0 unspecified atom stereocenters. The topological polar surface area (TPSA) is 46.5 Å². The highest BCUT2D eigenvalue weighted by atomic mass is 35.5. The van der Waals surface area contributed by atoms with Crippen molar-refractivity contribution in [3.63, 3.8) is 0 Å². The van der Waals surface area contributed by atoms with Crippen molar-refractivity contribution in [2.75, 3.05) is 6.61 Å².